The lowest BCUT2D eigenvalue weighted by molar-refractivity contribution is -0.138. The number of carbonyl (C=O) groups is 2. The molecule has 0 aromatic carbocycles. The molecule has 1 aliphatic rings. The Morgan fingerprint density at radius 3 is 2.20 bits per heavy atom. The highest BCUT2D eigenvalue weighted by Gasteiger charge is 2.60. The van der Waals surface area contributed by atoms with E-state index in [1.165, 1.54) is 7.11 Å². The standard InChI is InChI=1S/C14H19Cl2NO3/c1-7(2)11(13(19)20-5)17-12(18)10-8(6-9(15)16)14(10,3)4/h6,8,10H,1-5H3,(H,17,18). The molecule has 112 valence electrons. The van der Waals surface area contributed by atoms with Gasteiger partial charge in [0.05, 0.1) is 13.0 Å². The monoisotopic (exact) mass is 319 g/mol. The third-order valence-corrected chi connectivity index (χ3v) is 3.89. The van der Waals surface area contributed by atoms with E-state index in [1.54, 1.807) is 19.9 Å². The van der Waals surface area contributed by atoms with Crippen molar-refractivity contribution in [2.45, 2.75) is 27.7 Å². The van der Waals surface area contributed by atoms with Gasteiger partial charge in [-0.25, -0.2) is 4.79 Å². The molecule has 0 heterocycles. The van der Waals surface area contributed by atoms with E-state index in [9.17, 15) is 9.59 Å². The average molecular weight is 320 g/mol. The van der Waals surface area contributed by atoms with Crippen molar-refractivity contribution in [1.82, 2.24) is 5.32 Å². The normalized spacial score (nSPS) is 22.6. The summed E-state index contributed by atoms with van der Waals surface area (Å²) in [5.41, 5.74) is 0.633. The van der Waals surface area contributed by atoms with Crippen LogP contribution >= 0.6 is 23.2 Å². The minimum atomic E-state index is -0.556. The predicted octanol–water partition coefficient (Wildman–Crippen LogP) is 3.16. The molecular formula is C14H19Cl2NO3. The Morgan fingerprint density at radius 1 is 1.25 bits per heavy atom. The number of allylic oxidation sites excluding steroid dienone is 2. The Bertz CT molecular complexity index is 487. The van der Waals surface area contributed by atoms with Crippen molar-refractivity contribution >= 4 is 35.1 Å². The summed E-state index contributed by atoms with van der Waals surface area (Å²) in [7, 11) is 1.28. The number of carbonyl (C=O) groups excluding carboxylic acids is 2. The fourth-order valence-electron chi connectivity index (χ4n) is 2.31. The van der Waals surface area contributed by atoms with Crippen LogP contribution in [0.3, 0.4) is 0 Å². The molecule has 0 spiro atoms. The SMILES string of the molecule is COC(=O)C(NC(=O)C1C(C=C(Cl)Cl)C1(C)C)=C(C)C. The summed E-state index contributed by atoms with van der Waals surface area (Å²) in [6, 6.07) is 0. The summed E-state index contributed by atoms with van der Waals surface area (Å²) in [4.78, 5) is 23.9. The van der Waals surface area contributed by atoms with Crippen molar-refractivity contribution in [2.24, 2.45) is 17.3 Å². The second-order valence-corrected chi connectivity index (χ2v) is 6.64. The lowest BCUT2D eigenvalue weighted by Gasteiger charge is -2.10. The van der Waals surface area contributed by atoms with Gasteiger partial charge in [0, 0.05) is 0 Å². The van der Waals surface area contributed by atoms with Crippen molar-refractivity contribution in [1.29, 1.82) is 0 Å². The molecule has 2 atom stereocenters. The van der Waals surface area contributed by atoms with Crippen molar-refractivity contribution in [2.75, 3.05) is 7.11 Å². The minimum absolute atomic E-state index is 0.0384. The van der Waals surface area contributed by atoms with E-state index in [1.807, 2.05) is 13.8 Å². The van der Waals surface area contributed by atoms with Gasteiger partial charge in [0.25, 0.3) is 0 Å². The molecule has 4 nitrogen and oxygen atoms in total. The van der Waals surface area contributed by atoms with Crippen LogP contribution in [0.15, 0.2) is 21.8 Å². The fourth-order valence-corrected chi connectivity index (χ4v) is 2.58. The summed E-state index contributed by atoms with van der Waals surface area (Å²) < 4.78 is 4.80. The first-order valence-corrected chi connectivity index (χ1v) is 6.98. The van der Waals surface area contributed by atoms with E-state index in [-0.39, 0.29) is 33.3 Å². The number of ether oxygens (including phenoxy) is 1. The summed E-state index contributed by atoms with van der Waals surface area (Å²) in [6.45, 7) is 7.38. The molecule has 20 heavy (non-hydrogen) atoms. The molecule has 1 aliphatic carbocycles. The Hall–Kier alpha value is -1.00. The molecule has 0 bridgehead atoms. The summed E-state index contributed by atoms with van der Waals surface area (Å²) >= 11 is 11.3. The molecule has 6 heteroatoms. The summed E-state index contributed by atoms with van der Waals surface area (Å²) in [5, 5.41) is 2.64. The van der Waals surface area contributed by atoms with Crippen LogP contribution in [0.2, 0.25) is 0 Å². The first kappa shape index (κ1) is 17.1. The average Bonchev–Trinajstić information content (AvgIpc) is 2.85. The van der Waals surface area contributed by atoms with E-state index in [2.05, 4.69) is 10.1 Å². The fraction of sp³-hybridized carbons (Fsp3) is 0.571. The summed E-state index contributed by atoms with van der Waals surface area (Å²) in [6.07, 6.45) is 1.66. The van der Waals surface area contributed by atoms with E-state index in [4.69, 9.17) is 23.2 Å². The molecule has 1 rings (SSSR count). The zero-order chi connectivity index (χ0) is 15.7. The van der Waals surface area contributed by atoms with Crippen LogP contribution in [0.1, 0.15) is 27.7 Å². The maximum Gasteiger partial charge on any atom is 0.354 e. The van der Waals surface area contributed by atoms with Gasteiger partial charge in [-0.05, 0) is 36.8 Å². The third kappa shape index (κ3) is 3.55. The van der Waals surface area contributed by atoms with E-state index >= 15 is 0 Å². The molecule has 1 N–H and O–H groups in total. The molecule has 1 fully saturated rings. The smallest absolute Gasteiger partial charge is 0.354 e. The van der Waals surface area contributed by atoms with Crippen LogP contribution in [-0.4, -0.2) is 19.0 Å². The number of hydrogen-bond donors (Lipinski definition) is 1. The highest BCUT2D eigenvalue weighted by molar-refractivity contribution is 6.55. The van der Waals surface area contributed by atoms with E-state index in [0.717, 1.165) is 0 Å². The highest BCUT2D eigenvalue weighted by atomic mass is 35.5. The summed E-state index contributed by atoms with van der Waals surface area (Å²) in [5.74, 6) is -1.09. The number of rotatable bonds is 4. The molecular weight excluding hydrogens is 301 g/mol. The van der Waals surface area contributed by atoms with Crippen LogP contribution in [-0.2, 0) is 14.3 Å². The second kappa shape index (κ2) is 6.19. The molecule has 0 saturated heterocycles. The van der Waals surface area contributed by atoms with Crippen LogP contribution in [0.5, 0.6) is 0 Å². The van der Waals surface area contributed by atoms with Gasteiger partial charge >= 0.3 is 5.97 Å². The van der Waals surface area contributed by atoms with E-state index in [0.29, 0.717) is 5.57 Å². The predicted molar refractivity (Wildman–Crippen MR) is 79.1 cm³/mol. The third-order valence-electron chi connectivity index (χ3n) is 3.64. The lowest BCUT2D eigenvalue weighted by Crippen LogP contribution is -2.31. The van der Waals surface area contributed by atoms with Gasteiger partial charge in [-0.1, -0.05) is 37.0 Å². The zero-order valence-corrected chi connectivity index (χ0v) is 13.7. The number of amides is 1. The molecule has 0 radical (unpaired) electrons. The zero-order valence-electron chi connectivity index (χ0n) is 12.2. The maximum atomic E-state index is 12.3. The first-order chi connectivity index (χ1) is 9.12. The van der Waals surface area contributed by atoms with Gasteiger partial charge in [-0.15, -0.1) is 0 Å². The highest BCUT2D eigenvalue weighted by Crippen LogP contribution is 2.59. The van der Waals surface area contributed by atoms with Crippen molar-refractivity contribution < 1.29 is 14.3 Å². The largest absolute Gasteiger partial charge is 0.464 e. The molecule has 0 aromatic heterocycles. The maximum absolute atomic E-state index is 12.3. The van der Waals surface area contributed by atoms with Gasteiger partial charge in [0.2, 0.25) is 5.91 Å². The molecule has 0 aromatic rings. The molecule has 0 aliphatic heterocycles. The molecule has 1 amide bonds. The quantitative estimate of drug-likeness (QED) is 0.639. The van der Waals surface area contributed by atoms with Crippen LogP contribution in [0, 0.1) is 17.3 Å². The van der Waals surface area contributed by atoms with Gasteiger partial charge < -0.3 is 10.1 Å². The first-order valence-electron chi connectivity index (χ1n) is 6.22. The van der Waals surface area contributed by atoms with Crippen LogP contribution in [0.4, 0.5) is 0 Å². The Kier molecular flexibility index (Phi) is 5.27. The van der Waals surface area contributed by atoms with Gasteiger partial charge in [-0.2, -0.15) is 0 Å². The topological polar surface area (TPSA) is 55.4 Å². The van der Waals surface area contributed by atoms with Crippen molar-refractivity contribution in [3.8, 4) is 0 Å². The Morgan fingerprint density at radius 2 is 1.80 bits per heavy atom. The second-order valence-electron chi connectivity index (χ2n) is 5.64. The van der Waals surface area contributed by atoms with Gasteiger partial charge in [0.15, 0.2) is 0 Å². The molecule has 2 unspecified atom stereocenters. The number of hydrogen-bond acceptors (Lipinski definition) is 3. The number of methoxy groups -OCH3 is 1. The van der Waals surface area contributed by atoms with Gasteiger partial charge in [-0.3, -0.25) is 4.79 Å². The Labute approximate surface area is 129 Å². The molecule has 1 saturated carbocycles. The Balaban J connectivity index is 2.86. The van der Waals surface area contributed by atoms with Crippen LogP contribution < -0.4 is 5.32 Å². The number of esters is 1. The lowest BCUT2D eigenvalue weighted by atomic mass is 10.1. The van der Waals surface area contributed by atoms with Crippen molar-refractivity contribution in [3.05, 3.63) is 21.8 Å². The number of halogens is 2. The van der Waals surface area contributed by atoms with Crippen LogP contribution in [0.25, 0.3) is 0 Å². The van der Waals surface area contributed by atoms with Gasteiger partial charge in [0.1, 0.15) is 10.2 Å². The minimum Gasteiger partial charge on any atom is -0.464 e. The van der Waals surface area contributed by atoms with Crippen molar-refractivity contribution in [3.63, 3.8) is 0 Å². The number of nitrogens with one attached hydrogen (secondary N) is 1. The van der Waals surface area contributed by atoms with E-state index < -0.39 is 5.97 Å².